The number of carboxylic acid groups (broad SMARTS) is 1. The molecule has 1 aromatic heterocycles. The van der Waals surface area contributed by atoms with E-state index in [1.807, 2.05) is 0 Å². The van der Waals surface area contributed by atoms with Crippen molar-refractivity contribution in [2.75, 3.05) is 19.5 Å². The van der Waals surface area contributed by atoms with Gasteiger partial charge in [-0.3, -0.25) is 4.79 Å². The molecule has 0 aliphatic heterocycles. The maximum atomic E-state index is 12.2. The lowest BCUT2D eigenvalue weighted by molar-refractivity contribution is 0.0692. The number of carbonyl (C=O) groups is 2. The van der Waals surface area contributed by atoms with Gasteiger partial charge in [-0.25, -0.2) is 9.78 Å². The smallest absolute Gasteiger partial charge is 0.341 e. The number of rotatable bonds is 5. The topological polar surface area (TPSA) is 118 Å². The molecule has 0 aliphatic carbocycles. The van der Waals surface area contributed by atoms with E-state index in [2.05, 4.69) is 10.3 Å². The third-order valence-corrected chi connectivity index (χ3v) is 2.98. The van der Waals surface area contributed by atoms with Gasteiger partial charge < -0.3 is 25.0 Å². The summed E-state index contributed by atoms with van der Waals surface area (Å²) >= 11 is 0. The van der Waals surface area contributed by atoms with Crippen LogP contribution >= 0.6 is 0 Å². The van der Waals surface area contributed by atoms with Crippen LogP contribution in [0.15, 0.2) is 30.5 Å². The van der Waals surface area contributed by atoms with E-state index in [0.717, 1.165) is 0 Å². The van der Waals surface area contributed by atoms with Crippen molar-refractivity contribution in [1.29, 1.82) is 0 Å². The zero-order valence-electron chi connectivity index (χ0n) is 12.4. The van der Waals surface area contributed by atoms with Crippen LogP contribution in [0, 0.1) is 0 Å². The number of phenolic OH excluding ortho intramolecular Hbond substituents is 1. The van der Waals surface area contributed by atoms with E-state index in [-0.39, 0.29) is 28.4 Å². The number of aromatic nitrogens is 1. The van der Waals surface area contributed by atoms with Gasteiger partial charge in [0.25, 0.3) is 5.91 Å². The fourth-order valence-corrected chi connectivity index (χ4v) is 1.86. The Balaban J connectivity index is 2.30. The van der Waals surface area contributed by atoms with E-state index in [1.165, 1.54) is 44.7 Å². The maximum absolute atomic E-state index is 12.2. The Hall–Kier alpha value is -3.29. The number of nitrogens with one attached hydrogen (secondary N) is 1. The average molecular weight is 318 g/mol. The number of anilines is 1. The first-order chi connectivity index (χ1) is 11.0. The van der Waals surface area contributed by atoms with Crippen molar-refractivity contribution in [2.45, 2.75) is 0 Å². The molecule has 0 saturated heterocycles. The molecule has 0 bridgehead atoms. The molecule has 0 saturated carbocycles. The lowest BCUT2D eigenvalue weighted by Crippen LogP contribution is -2.13. The predicted octanol–water partition coefficient (Wildman–Crippen LogP) is 1.75. The van der Waals surface area contributed by atoms with E-state index >= 15 is 0 Å². The van der Waals surface area contributed by atoms with Crippen molar-refractivity contribution in [3.8, 4) is 17.4 Å². The van der Waals surface area contributed by atoms with Crippen LogP contribution in [0.3, 0.4) is 0 Å². The molecule has 120 valence electrons. The largest absolute Gasteiger partial charge is 0.507 e. The summed E-state index contributed by atoms with van der Waals surface area (Å²) in [5, 5.41) is 21.3. The van der Waals surface area contributed by atoms with Gasteiger partial charge in [0.05, 0.1) is 31.7 Å². The molecule has 23 heavy (non-hydrogen) atoms. The Bertz CT molecular complexity index is 760. The number of nitrogens with zero attached hydrogens (tertiary/aromatic N) is 1. The molecule has 0 unspecified atom stereocenters. The summed E-state index contributed by atoms with van der Waals surface area (Å²) in [6.45, 7) is 0. The van der Waals surface area contributed by atoms with Crippen LogP contribution in [0.1, 0.15) is 20.7 Å². The predicted molar refractivity (Wildman–Crippen MR) is 80.4 cm³/mol. The number of benzene rings is 1. The Labute approximate surface area is 131 Å². The quantitative estimate of drug-likeness (QED) is 0.768. The van der Waals surface area contributed by atoms with Crippen molar-refractivity contribution < 1.29 is 29.3 Å². The van der Waals surface area contributed by atoms with Crippen molar-refractivity contribution in [3.63, 3.8) is 0 Å². The standard InChI is InChI=1S/C15H14N2O6/c1-22-9-3-4-12(18)10(6-9)13(19)17-8-5-11(15(20)21)14(23-2)16-7-8/h3-7,18H,1-2H3,(H,17,19)(H,20,21). The fraction of sp³-hybridized carbons (Fsp3) is 0.133. The molecule has 0 spiro atoms. The van der Waals surface area contributed by atoms with E-state index in [9.17, 15) is 14.7 Å². The summed E-state index contributed by atoms with van der Waals surface area (Å²) in [6.07, 6.45) is 1.25. The minimum atomic E-state index is -1.24. The normalized spacial score (nSPS) is 10.0. The highest BCUT2D eigenvalue weighted by Gasteiger charge is 2.17. The van der Waals surface area contributed by atoms with Crippen LogP contribution in [0.5, 0.6) is 17.4 Å². The number of ether oxygens (including phenoxy) is 2. The zero-order valence-corrected chi connectivity index (χ0v) is 12.4. The van der Waals surface area contributed by atoms with Crippen LogP contribution in [-0.2, 0) is 0 Å². The summed E-state index contributed by atoms with van der Waals surface area (Å²) in [7, 11) is 2.72. The second-order valence-corrected chi connectivity index (χ2v) is 4.42. The molecule has 1 aromatic carbocycles. The first-order valence-electron chi connectivity index (χ1n) is 6.42. The van der Waals surface area contributed by atoms with Gasteiger partial charge in [0.1, 0.15) is 17.1 Å². The number of hydrogen-bond donors (Lipinski definition) is 3. The van der Waals surface area contributed by atoms with E-state index < -0.39 is 11.9 Å². The van der Waals surface area contributed by atoms with Gasteiger partial charge in [0, 0.05) is 0 Å². The molecular formula is C15H14N2O6. The number of carbonyl (C=O) groups excluding carboxylic acids is 1. The van der Waals surface area contributed by atoms with Crippen LogP contribution in [0.2, 0.25) is 0 Å². The Morgan fingerprint density at radius 3 is 2.48 bits per heavy atom. The fourth-order valence-electron chi connectivity index (χ4n) is 1.86. The van der Waals surface area contributed by atoms with Gasteiger partial charge in [-0.05, 0) is 24.3 Å². The molecule has 0 atom stereocenters. The molecule has 0 fully saturated rings. The SMILES string of the molecule is COc1ccc(O)c(C(=O)Nc2cnc(OC)c(C(=O)O)c2)c1. The molecule has 2 rings (SSSR count). The third-order valence-electron chi connectivity index (χ3n) is 2.98. The molecule has 8 heteroatoms. The molecule has 0 aliphatic rings. The van der Waals surface area contributed by atoms with Gasteiger partial charge >= 0.3 is 5.97 Å². The molecular weight excluding hydrogens is 304 g/mol. The number of aromatic carboxylic acids is 1. The second-order valence-electron chi connectivity index (χ2n) is 4.42. The van der Waals surface area contributed by atoms with Gasteiger partial charge in [-0.1, -0.05) is 0 Å². The van der Waals surface area contributed by atoms with E-state index in [0.29, 0.717) is 5.75 Å². The van der Waals surface area contributed by atoms with Crippen molar-refractivity contribution >= 4 is 17.6 Å². The number of methoxy groups -OCH3 is 2. The van der Waals surface area contributed by atoms with Gasteiger partial charge in [0.15, 0.2) is 0 Å². The Morgan fingerprint density at radius 2 is 1.87 bits per heavy atom. The van der Waals surface area contributed by atoms with E-state index in [4.69, 9.17) is 14.6 Å². The van der Waals surface area contributed by atoms with Crippen LogP contribution in [0.25, 0.3) is 0 Å². The summed E-state index contributed by atoms with van der Waals surface area (Å²) < 4.78 is 9.83. The van der Waals surface area contributed by atoms with Crippen molar-refractivity contribution in [2.24, 2.45) is 0 Å². The summed E-state index contributed by atoms with van der Waals surface area (Å²) in [6, 6.07) is 5.40. The first kappa shape index (κ1) is 16.1. The Morgan fingerprint density at radius 1 is 1.13 bits per heavy atom. The number of hydrogen-bond acceptors (Lipinski definition) is 6. The summed E-state index contributed by atoms with van der Waals surface area (Å²) in [5.41, 5.74) is -0.0624. The highest BCUT2D eigenvalue weighted by molar-refractivity contribution is 6.06. The number of carboxylic acids is 1. The maximum Gasteiger partial charge on any atom is 0.341 e. The lowest BCUT2D eigenvalue weighted by atomic mass is 10.1. The highest BCUT2D eigenvalue weighted by Crippen LogP contribution is 2.25. The van der Waals surface area contributed by atoms with Gasteiger partial charge in [-0.2, -0.15) is 0 Å². The number of aromatic hydroxyl groups is 1. The van der Waals surface area contributed by atoms with Crippen LogP contribution in [-0.4, -0.2) is 41.3 Å². The molecule has 2 aromatic rings. The summed E-state index contributed by atoms with van der Waals surface area (Å²) in [5.74, 6) is -1.78. The molecule has 1 amide bonds. The Kier molecular flexibility index (Phi) is 4.65. The van der Waals surface area contributed by atoms with Gasteiger partial charge in [-0.15, -0.1) is 0 Å². The van der Waals surface area contributed by atoms with Crippen LogP contribution < -0.4 is 14.8 Å². The minimum absolute atomic E-state index is 0.0166. The monoisotopic (exact) mass is 318 g/mol. The van der Waals surface area contributed by atoms with Crippen LogP contribution in [0.4, 0.5) is 5.69 Å². The number of phenols is 1. The molecule has 3 N–H and O–H groups in total. The lowest BCUT2D eigenvalue weighted by Gasteiger charge is -2.10. The molecule has 1 heterocycles. The summed E-state index contributed by atoms with van der Waals surface area (Å²) in [4.78, 5) is 27.2. The average Bonchev–Trinajstić information content (AvgIpc) is 2.55. The van der Waals surface area contributed by atoms with Crippen molar-refractivity contribution in [3.05, 3.63) is 41.6 Å². The molecule has 8 nitrogen and oxygen atoms in total. The minimum Gasteiger partial charge on any atom is -0.507 e. The zero-order chi connectivity index (χ0) is 17.0. The van der Waals surface area contributed by atoms with E-state index in [1.54, 1.807) is 0 Å². The molecule has 0 radical (unpaired) electrons. The van der Waals surface area contributed by atoms with Crippen molar-refractivity contribution in [1.82, 2.24) is 4.98 Å². The number of pyridine rings is 1. The highest BCUT2D eigenvalue weighted by atomic mass is 16.5. The third kappa shape index (κ3) is 3.49. The van der Waals surface area contributed by atoms with Gasteiger partial charge in [0.2, 0.25) is 5.88 Å². The second kappa shape index (κ2) is 6.65. The first-order valence-corrected chi connectivity index (χ1v) is 6.42. The number of amides is 1.